The SMILES string of the molecule is CCOc1ccc(N2C(=O)[C@@H]3N=NN(Cc4cccc(C(F)(F)F)c4)[C@H]3C2=O)cc1. The molecule has 2 aromatic carbocycles. The molecule has 0 spiro atoms. The second kappa shape index (κ2) is 7.43. The Morgan fingerprint density at radius 1 is 1.07 bits per heavy atom. The molecule has 156 valence electrons. The first-order valence-corrected chi connectivity index (χ1v) is 9.24. The molecule has 1 saturated heterocycles. The van der Waals surface area contributed by atoms with Crippen molar-refractivity contribution >= 4 is 17.5 Å². The lowest BCUT2D eigenvalue weighted by molar-refractivity contribution is -0.137. The number of ether oxygens (including phenoxy) is 1. The molecule has 0 saturated carbocycles. The molecule has 7 nitrogen and oxygen atoms in total. The van der Waals surface area contributed by atoms with Crippen molar-refractivity contribution in [1.82, 2.24) is 5.01 Å². The van der Waals surface area contributed by atoms with Crippen LogP contribution in [0.25, 0.3) is 0 Å². The number of halogens is 3. The van der Waals surface area contributed by atoms with Crippen molar-refractivity contribution in [3.05, 3.63) is 59.7 Å². The maximum Gasteiger partial charge on any atom is 0.416 e. The summed E-state index contributed by atoms with van der Waals surface area (Å²) in [5, 5.41) is 9.02. The molecule has 2 heterocycles. The molecule has 2 aromatic rings. The van der Waals surface area contributed by atoms with E-state index in [1.54, 1.807) is 24.3 Å². The molecule has 0 radical (unpaired) electrons. The summed E-state index contributed by atoms with van der Waals surface area (Å²) in [6.45, 7) is 2.24. The van der Waals surface area contributed by atoms with E-state index in [2.05, 4.69) is 10.3 Å². The summed E-state index contributed by atoms with van der Waals surface area (Å²) in [5.74, 6) is -0.443. The molecule has 0 bridgehead atoms. The minimum atomic E-state index is -4.48. The molecule has 0 unspecified atom stereocenters. The van der Waals surface area contributed by atoms with Crippen LogP contribution < -0.4 is 9.64 Å². The first-order valence-electron chi connectivity index (χ1n) is 9.24. The number of anilines is 1. The number of carbonyl (C=O) groups excluding carboxylic acids is 2. The van der Waals surface area contributed by atoms with Crippen LogP contribution in [0.4, 0.5) is 18.9 Å². The van der Waals surface area contributed by atoms with E-state index in [0.717, 1.165) is 17.0 Å². The second-order valence-corrected chi connectivity index (χ2v) is 6.83. The number of amides is 2. The molecule has 2 atom stereocenters. The van der Waals surface area contributed by atoms with Gasteiger partial charge in [-0.05, 0) is 48.9 Å². The van der Waals surface area contributed by atoms with Gasteiger partial charge in [-0.2, -0.15) is 18.3 Å². The number of benzene rings is 2. The Morgan fingerprint density at radius 2 is 1.80 bits per heavy atom. The monoisotopic (exact) mass is 418 g/mol. The van der Waals surface area contributed by atoms with Crippen molar-refractivity contribution in [2.45, 2.75) is 31.7 Å². The van der Waals surface area contributed by atoms with Crippen molar-refractivity contribution < 1.29 is 27.5 Å². The van der Waals surface area contributed by atoms with Crippen LogP contribution in [0, 0.1) is 0 Å². The van der Waals surface area contributed by atoms with E-state index < -0.39 is 35.6 Å². The number of hydrogen-bond donors (Lipinski definition) is 0. The van der Waals surface area contributed by atoms with Gasteiger partial charge in [0.1, 0.15) is 5.75 Å². The third-order valence-electron chi connectivity index (χ3n) is 4.86. The molecule has 30 heavy (non-hydrogen) atoms. The largest absolute Gasteiger partial charge is 0.494 e. The van der Waals surface area contributed by atoms with E-state index in [9.17, 15) is 22.8 Å². The number of fused-ring (bicyclic) bond motifs is 1. The average molecular weight is 418 g/mol. The Bertz CT molecular complexity index is 1010. The van der Waals surface area contributed by atoms with Gasteiger partial charge in [-0.15, -0.1) is 0 Å². The van der Waals surface area contributed by atoms with E-state index in [-0.39, 0.29) is 6.54 Å². The highest BCUT2D eigenvalue weighted by molar-refractivity contribution is 6.25. The summed E-state index contributed by atoms with van der Waals surface area (Å²) >= 11 is 0. The predicted octanol–water partition coefficient (Wildman–Crippen LogP) is 3.60. The number of nitrogens with zero attached hydrogens (tertiary/aromatic N) is 4. The van der Waals surface area contributed by atoms with E-state index in [0.29, 0.717) is 23.6 Å². The fourth-order valence-electron chi connectivity index (χ4n) is 3.50. The molecule has 4 rings (SSSR count). The van der Waals surface area contributed by atoms with Gasteiger partial charge >= 0.3 is 6.18 Å². The van der Waals surface area contributed by atoms with Crippen molar-refractivity contribution in [2.75, 3.05) is 11.5 Å². The Balaban J connectivity index is 1.55. The summed E-state index contributed by atoms with van der Waals surface area (Å²) in [6, 6.07) is 9.23. The van der Waals surface area contributed by atoms with Gasteiger partial charge in [-0.1, -0.05) is 17.4 Å². The average Bonchev–Trinajstić information content (AvgIpc) is 3.22. The molecule has 2 aliphatic rings. The van der Waals surface area contributed by atoms with Gasteiger partial charge in [0, 0.05) is 0 Å². The lowest BCUT2D eigenvalue weighted by Crippen LogP contribution is -2.39. The Labute approximate surface area is 169 Å². The normalized spacial score (nSPS) is 20.8. The second-order valence-electron chi connectivity index (χ2n) is 6.83. The van der Waals surface area contributed by atoms with Crippen LogP contribution in [0.5, 0.6) is 5.75 Å². The van der Waals surface area contributed by atoms with Crippen LogP contribution in [0.15, 0.2) is 58.9 Å². The molecular weight excluding hydrogens is 401 g/mol. The molecule has 0 aliphatic carbocycles. The fourth-order valence-corrected chi connectivity index (χ4v) is 3.50. The number of rotatable bonds is 5. The molecular formula is C20H17F3N4O3. The van der Waals surface area contributed by atoms with Gasteiger partial charge in [0.2, 0.25) is 0 Å². The number of carbonyl (C=O) groups is 2. The van der Waals surface area contributed by atoms with Crippen molar-refractivity contribution in [2.24, 2.45) is 10.3 Å². The predicted molar refractivity (Wildman–Crippen MR) is 99.5 cm³/mol. The highest BCUT2D eigenvalue weighted by Crippen LogP contribution is 2.34. The van der Waals surface area contributed by atoms with Crippen LogP contribution in [0.2, 0.25) is 0 Å². The first-order chi connectivity index (χ1) is 14.3. The highest BCUT2D eigenvalue weighted by Gasteiger charge is 2.54. The smallest absolute Gasteiger partial charge is 0.416 e. The van der Waals surface area contributed by atoms with Crippen molar-refractivity contribution in [1.29, 1.82) is 0 Å². The standard InChI is InChI=1S/C20H17F3N4O3/c1-2-30-15-8-6-14(7-9-15)27-18(28)16-17(19(27)29)26(25-24-16)11-12-4-3-5-13(10-12)20(21,22)23/h3-10,16-17H,2,11H2,1H3/t16-,17-/m1/s1. The van der Waals surface area contributed by atoms with Gasteiger partial charge in [0.25, 0.3) is 11.8 Å². The molecule has 0 N–H and O–H groups in total. The topological polar surface area (TPSA) is 74.6 Å². The van der Waals surface area contributed by atoms with E-state index >= 15 is 0 Å². The van der Waals surface area contributed by atoms with Gasteiger partial charge < -0.3 is 4.74 Å². The van der Waals surface area contributed by atoms with Gasteiger partial charge in [-0.3, -0.25) is 14.6 Å². The van der Waals surface area contributed by atoms with Gasteiger partial charge in [-0.25, -0.2) is 4.90 Å². The van der Waals surface area contributed by atoms with Crippen LogP contribution in [0.3, 0.4) is 0 Å². The first kappa shape index (κ1) is 19.9. The van der Waals surface area contributed by atoms with Crippen LogP contribution >= 0.6 is 0 Å². The quantitative estimate of drug-likeness (QED) is 0.696. The molecule has 0 aromatic heterocycles. The number of hydrogen-bond acceptors (Lipinski definition) is 6. The Hall–Kier alpha value is -3.43. The summed E-state index contributed by atoms with van der Waals surface area (Å²) in [4.78, 5) is 26.7. The third kappa shape index (κ3) is 3.49. The van der Waals surface area contributed by atoms with Crippen LogP contribution in [0.1, 0.15) is 18.1 Å². The number of alkyl halides is 3. The maximum absolute atomic E-state index is 13.0. The molecule has 10 heteroatoms. The van der Waals surface area contributed by atoms with E-state index in [1.807, 2.05) is 6.92 Å². The number of imide groups is 1. The molecule has 2 aliphatic heterocycles. The van der Waals surface area contributed by atoms with Crippen molar-refractivity contribution in [3.63, 3.8) is 0 Å². The van der Waals surface area contributed by atoms with E-state index in [4.69, 9.17) is 4.74 Å². The maximum atomic E-state index is 13.0. The zero-order valence-electron chi connectivity index (χ0n) is 15.8. The highest BCUT2D eigenvalue weighted by atomic mass is 19.4. The van der Waals surface area contributed by atoms with Gasteiger partial charge in [0.05, 0.1) is 24.4 Å². The lowest BCUT2D eigenvalue weighted by Gasteiger charge is -2.21. The minimum absolute atomic E-state index is 0.0786. The molecule has 1 fully saturated rings. The van der Waals surface area contributed by atoms with Crippen LogP contribution in [-0.4, -0.2) is 35.5 Å². The Morgan fingerprint density at radius 3 is 2.47 bits per heavy atom. The summed E-state index contributed by atoms with van der Waals surface area (Å²) in [5.41, 5.74) is -0.112. The summed E-state index contributed by atoms with van der Waals surface area (Å²) < 4.78 is 44.2. The zero-order chi connectivity index (χ0) is 21.5. The fraction of sp³-hybridized carbons (Fsp3) is 0.300. The summed E-state index contributed by atoms with van der Waals surface area (Å²) in [7, 11) is 0. The zero-order valence-corrected chi connectivity index (χ0v) is 15.8. The van der Waals surface area contributed by atoms with Crippen molar-refractivity contribution in [3.8, 4) is 5.75 Å². The molecule has 2 amide bonds. The van der Waals surface area contributed by atoms with Gasteiger partial charge in [0.15, 0.2) is 12.1 Å². The Kier molecular flexibility index (Phi) is 4.92. The third-order valence-corrected chi connectivity index (χ3v) is 4.86. The minimum Gasteiger partial charge on any atom is -0.494 e. The van der Waals surface area contributed by atoms with Crippen LogP contribution in [-0.2, 0) is 22.3 Å². The summed E-state index contributed by atoms with van der Waals surface area (Å²) in [6.07, 6.45) is -4.48. The lowest BCUT2D eigenvalue weighted by atomic mass is 10.1. The van der Waals surface area contributed by atoms with E-state index in [1.165, 1.54) is 17.1 Å².